The van der Waals surface area contributed by atoms with Crippen LogP contribution < -0.4 is 10.0 Å². The van der Waals surface area contributed by atoms with Crippen molar-refractivity contribution in [2.24, 2.45) is 0 Å². The molecule has 0 saturated carbocycles. The zero-order chi connectivity index (χ0) is 20.1. The van der Waals surface area contributed by atoms with Gasteiger partial charge in [-0.1, -0.05) is 18.2 Å². The second kappa shape index (κ2) is 8.36. The first-order valence-corrected chi connectivity index (χ1v) is 10.4. The molecular formula is C18H19N5O3S2. The fourth-order valence-electron chi connectivity index (χ4n) is 2.58. The van der Waals surface area contributed by atoms with Gasteiger partial charge in [-0.05, 0) is 55.5 Å². The molecule has 1 heterocycles. The summed E-state index contributed by atoms with van der Waals surface area (Å²) in [5, 5.41) is 9.52. The quantitative estimate of drug-likeness (QED) is 0.512. The van der Waals surface area contributed by atoms with Crippen LogP contribution in [-0.2, 0) is 23.1 Å². The molecule has 8 nitrogen and oxygen atoms in total. The first kappa shape index (κ1) is 19.8. The van der Waals surface area contributed by atoms with Crippen LogP contribution in [0.1, 0.15) is 23.1 Å². The van der Waals surface area contributed by atoms with Crippen LogP contribution in [0.2, 0.25) is 0 Å². The highest BCUT2D eigenvalue weighted by Gasteiger charge is 2.15. The van der Waals surface area contributed by atoms with Crippen molar-refractivity contribution < 1.29 is 13.2 Å². The van der Waals surface area contributed by atoms with Gasteiger partial charge >= 0.3 is 0 Å². The second-order valence-corrected chi connectivity index (χ2v) is 7.94. The average molecular weight is 418 g/mol. The molecule has 0 saturated heterocycles. The van der Waals surface area contributed by atoms with Crippen molar-refractivity contribution in [3.05, 3.63) is 70.8 Å². The largest absolute Gasteiger partial charge is 0.345 e. The van der Waals surface area contributed by atoms with Gasteiger partial charge in [-0.15, -0.1) is 0 Å². The van der Waals surface area contributed by atoms with E-state index in [-0.39, 0.29) is 17.3 Å². The van der Waals surface area contributed by atoms with Crippen LogP contribution in [-0.4, -0.2) is 29.1 Å². The van der Waals surface area contributed by atoms with Crippen molar-refractivity contribution in [1.29, 1.82) is 0 Å². The number of rotatable bonds is 7. The second-order valence-electron chi connectivity index (χ2n) is 5.87. The molecule has 0 aliphatic rings. The summed E-state index contributed by atoms with van der Waals surface area (Å²) in [6, 6.07) is 14.3. The van der Waals surface area contributed by atoms with Crippen LogP contribution in [0, 0.1) is 4.77 Å². The Hall–Kier alpha value is -2.98. The molecule has 0 radical (unpaired) electrons. The molecule has 0 fully saturated rings. The van der Waals surface area contributed by atoms with Crippen molar-refractivity contribution in [3.8, 4) is 0 Å². The van der Waals surface area contributed by atoms with Crippen molar-refractivity contribution in [3.63, 3.8) is 0 Å². The predicted molar refractivity (Wildman–Crippen MR) is 108 cm³/mol. The molecule has 0 unspecified atom stereocenters. The topological polar surface area (TPSA) is 109 Å². The van der Waals surface area contributed by atoms with Gasteiger partial charge < -0.3 is 9.88 Å². The lowest BCUT2D eigenvalue weighted by Gasteiger charge is -2.09. The van der Waals surface area contributed by atoms with Gasteiger partial charge in [0.2, 0.25) is 0 Å². The van der Waals surface area contributed by atoms with Gasteiger partial charge in [0.1, 0.15) is 0 Å². The molecule has 0 bridgehead atoms. The zero-order valence-corrected chi connectivity index (χ0v) is 16.7. The summed E-state index contributed by atoms with van der Waals surface area (Å²) >= 11 is 5.11. The lowest BCUT2D eigenvalue weighted by molar-refractivity contribution is 0.0949. The van der Waals surface area contributed by atoms with Gasteiger partial charge in [0.05, 0.1) is 11.4 Å². The SMILES string of the molecule is CCn1c(CNC(=O)c2ccc(S(=O)(=O)Nc3ccccc3)cc2)n[nH]c1=S. The lowest BCUT2D eigenvalue weighted by atomic mass is 10.2. The summed E-state index contributed by atoms with van der Waals surface area (Å²) in [7, 11) is -3.73. The van der Waals surface area contributed by atoms with Gasteiger partial charge in [0, 0.05) is 17.8 Å². The maximum Gasteiger partial charge on any atom is 0.261 e. The minimum atomic E-state index is -3.73. The summed E-state index contributed by atoms with van der Waals surface area (Å²) in [5.74, 6) is 0.281. The van der Waals surface area contributed by atoms with Gasteiger partial charge in [0.15, 0.2) is 10.6 Å². The third-order valence-electron chi connectivity index (χ3n) is 4.01. The predicted octanol–water partition coefficient (Wildman–Crippen LogP) is 2.69. The van der Waals surface area contributed by atoms with E-state index >= 15 is 0 Å². The molecule has 3 rings (SSSR count). The smallest absolute Gasteiger partial charge is 0.261 e. The Morgan fingerprint density at radius 3 is 2.46 bits per heavy atom. The van der Waals surface area contributed by atoms with E-state index in [1.807, 2.05) is 6.92 Å². The number of nitrogens with zero attached hydrogens (tertiary/aromatic N) is 2. The molecule has 0 aliphatic heterocycles. The normalized spacial score (nSPS) is 11.2. The van der Waals surface area contributed by atoms with E-state index < -0.39 is 10.0 Å². The number of hydrogen-bond donors (Lipinski definition) is 3. The standard InChI is InChI=1S/C18H19N5O3S2/c1-2-23-16(20-21-18(23)27)12-19-17(24)13-8-10-15(11-9-13)28(25,26)22-14-6-4-3-5-7-14/h3-11,22H,2,12H2,1H3,(H,19,24)(H,21,27). The first-order valence-electron chi connectivity index (χ1n) is 8.51. The number of benzene rings is 2. The van der Waals surface area contributed by atoms with Crippen molar-refractivity contribution in [1.82, 2.24) is 20.1 Å². The minimum Gasteiger partial charge on any atom is -0.345 e. The fourth-order valence-corrected chi connectivity index (χ4v) is 3.92. The summed E-state index contributed by atoms with van der Waals surface area (Å²) in [5.41, 5.74) is 0.810. The molecule has 2 aromatic carbocycles. The number of aromatic nitrogens is 3. The number of carbonyl (C=O) groups is 1. The van der Waals surface area contributed by atoms with Gasteiger partial charge in [-0.2, -0.15) is 5.10 Å². The van der Waals surface area contributed by atoms with Gasteiger partial charge in [-0.3, -0.25) is 14.6 Å². The molecule has 0 atom stereocenters. The Morgan fingerprint density at radius 2 is 1.82 bits per heavy atom. The van der Waals surface area contributed by atoms with Crippen LogP contribution in [0.4, 0.5) is 5.69 Å². The third kappa shape index (κ3) is 4.46. The third-order valence-corrected chi connectivity index (χ3v) is 5.72. The lowest BCUT2D eigenvalue weighted by Crippen LogP contribution is -2.24. The highest BCUT2D eigenvalue weighted by molar-refractivity contribution is 7.92. The monoisotopic (exact) mass is 417 g/mol. The number of amides is 1. The Morgan fingerprint density at radius 1 is 1.14 bits per heavy atom. The molecule has 3 N–H and O–H groups in total. The molecule has 10 heteroatoms. The van der Waals surface area contributed by atoms with Crippen LogP contribution >= 0.6 is 12.2 Å². The van der Waals surface area contributed by atoms with Gasteiger partial charge in [0.25, 0.3) is 15.9 Å². The first-order chi connectivity index (χ1) is 13.4. The molecule has 1 amide bonds. The number of H-pyrrole nitrogens is 1. The molecule has 28 heavy (non-hydrogen) atoms. The maximum absolute atomic E-state index is 12.4. The fraction of sp³-hybridized carbons (Fsp3) is 0.167. The Labute approximate surface area is 167 Å². The van der Waals surface area contributed by atoms with Crippen molar-refractivity contribution in [2.75, 3.05) is 4.72 Å². The van der Waals surface area contributed by atoms with E-state index in [4.69, 9.17) is 12.2 Å². The van der Waals surface area contributed by atoms with E-state index in [1.165, 1.54) is 24.3 Å². The molecular weight excluding hydrogens is 398 g/mol. The maximum atomic E-state index is 12.4. The summed E-state index contributed by atoms with van der Waals surface area (Å²) < 4.78 is 29.6. The molecule has 1 aromatic heterocycles. The van der Waals surface area contributed by atoms with Gasteiger partial charge in [-0.25, -0.2) is 8.42 Å². The van der Waals surface area contributed by atoms with E-state index in [2.05, 4.69) is 20.2 Å². The molecule has 3 aromatic rings. The number of nitrogens with one attached hydrogen (secondary N) is 3. The zero-order valence-electron chi connectivity index (χ0n) is 15.0. The minimum absolute atomic E-state index is 0.0692. The molecule has 0 spiro atoms. The van der Waals surface area contributed by atoms with E-state index in [9.17, 15) is 13.2 Å². The summed E-state index contributed by atoms with van der Waals surface area (Å²) in [6.07, 6.45) is 0. The Kier molecular flexibility index (Phi) is 5.90. The van der Waals surface area contributed by atoms with Crippen LogP contribution in [0.25, 0.3) is 0 Å². The summed E-state index contributed by atoms with van der Waals surface area (Å²) in [4.78, 5) is 12.4. The molecule has 146 valence electrons. The Balaban J connectivity index is 1.68. The van der Waals surface area contributed by atoms with E-state index in [0.29, 0.717) is 28.4 Å². The number of para-hydroxylation sites is 1. The summed E-state index contributed by atoms with van der Waals surface area (Å²) in [6.45, 7) is 2.77. The highest BCUT2D eigenvalue weighted by atomic mass is 32.2. The van der Waals surface area contributed by atoms with Crippen LogP contribution in [0.5, 0.6) is 0 Å². The molecule has 0 aliphatic carbocycles. The van der Waals surface area contributed by atoms with Crippen molar-refractivity contribution >= 4 is 33.8 Å². The number of sulfonamides is 1. The van der Waals surface area contributed by atoms with E-state index in [1.54, 1.807) is 34.9 Å². The highest BCUT2D eigenvalue weighted by Crippen LogP contribution is 2.16. The van der Waals surface area contributed by atoms with Crippen LogP contribution in [0.3, 0.4) is 0 Å². The number of hydrogen-bond acceptors (Lipinski definition) is 5. The van der Waals surface area contributed by atoms with Crippen LogP contribution in [0.15, 0.2) is 59.5 Å². The number of carbonyl (C=O) groups excluding carboxylic acids is 1. The number of anilines is 1. The van der Waals surface area contributed by atoms with Crippen molar-refractivity contribution in [2.45, 2.75) is 24.9 Å². The number of aromatic amines is 1. The Bertz CT molecular complexity index is 1120. The average Bonchev–Trinajstić information content (AvgIpc) is 3.06. The van der Waals surface area contributed by atoms with E-state index in [0.717, 1.165) is 0 Å².